The second-order valence-corrected chi connectivity index (χ2v) is 4.99. The van der Waals surface area contributed by atoms with Crippen molar-refractivity contribution in [2.24, 2.45) is 0 Å². The summed E-state index contributed by atoms with van der Waals surface area (Å²) in [7, 11) is 1.75. The maximum Gasteiger partial charge on any atom is 0.0667 e. The summed E-state index contributed by atoms with van der Waals surface area (Å²) >= 11 is 0. The van der Waals surface area contributed by atoms with Crippen LogP contribution in [0.1, 0.15) is 42.1 Å². The summed E-state index contributed by atoms with van der Waals surface area (Å²) in [6.45, 7) is 11.7. The highest BCUT2D eigenvalue weighted by Gasteiger charge is 2.12. The molecule has 0 aliphatic carbocycles. The fraction of sp³-hybridized carbons (Fsp3) is 0.600. The molecule has 2 nitrogen and oxygen atoms in total. The minimum Gasteiger partial charge on any atom is -0.380 e. The van der Waals surface area contributed by atoms with E-state index in [9.17, 15) is 0 Å². The lowest BCUT2D eigenvalue weighted by Crippen LogP contribution is -2.29. The molecule has 0 saturated carbocycles. The minimum atomic E-state index is 0.253. The summed E-state index contributed by atoms with van der Waals surface area (Å²) in [5.74, 6) is 0. The molecule has 0 bridgehead atoms. The van der Waals surface area contributed by atoms with Crippen LogP contribution in [-0.2, 0) is 4.74 Å². The standard InChI is InChI=1S/C15H25NO/c1-10-7-11(2)15(12(3)8-10)14(5)16-9-13(4)17-6/h7-8,13-14,16H,9H2,1-6H3. The van der Waals surface area contributed by atoms with E-state index in [0.29, 0.717) is 6.04 Å². The van der Waals surface area contributed by atoms with Crippen LogP contribution in [0.15, 0.2) is 12.1 Å². The quantitative estimate of drug-likeness (QED) is 0.845. The van der Waals surface area contributed by atoms with Gasteiger partial charge in [0.05, 0.1) is 6.10 Å². The van der Waals surface area contributed by atoms with Crippen LogP contribution in [0, 0.1) is 20.8 Å². The van der Waals surface area contributed by atoms with Crippen molar-refractivity contribution in [3.63, 3.8) is 0 Å². The van der Waals surface area contributed by atoms with Crippen LogP contribution in [0.3, 0.4) is 0 Å². The monoisotopic (exact) mass is 235 g/mol. The van der Waals surface area contributed by atoms with Crippen molar-refractivity contribution >= 4 is 0 Å². The van der Waals surface area contributed by atoms with E-state index in [1.807, 2.05) is 0 Å². The van der Waals surface area contributed by atoms with Gasteiger partial charge in [-0.2, -0.15) is 0 Å². The maximum absolute atomic E-state index is 5.25. The van der Waals surface area contributed by atoms with Gasteiger partial charge in [-0.3, -0.25) is 0 Å². The molecule has 96 valence electrons. The second kappa shape index (κ2) is 6.18. The van der Waals surface area contributed by atoms with Gasteiger partial charge in [0.25, 0.3) is 0 Å². The molecule has 0 spiro atoms. The fourth-order valence-electron chi connectivity index (χ4n) is 2.40. The van der Waals surface area contributed by atoms with Crippen molar-refractivity contribution in [3.05, 3.63) is 34.4 Å². The number of hydrogen-bond donors (Lipinski definition) is 1. The molecule has 0 radical (unpaired) electrons. The number of ether oxygens (including phenoxy) is 1. The van der Waals surface area contributed by atoms with E-state index < -0.39 is 0 Å². The van der Waals surface area contributed by atoms with Crippen LogP contribution in [0.4, 0.5) is 0 Å². The lowest BCUT2D eigenvalue weighted by atomic mass is 9.95. The molecule has 0 fully saturated rings. The molecular weight excluding hydrogens is 210 g/mol. The average molecular weight is 235 g/mol. The smallest absolute Gasteiger partial charge is 0.0667 e. The molecule has 1 aromatic rings. The topological polar surface area (TPSA) is 21.3 Å². The zero-order valence-electron chi connectivity index (χ0n) is 11.9. The zero-order valence-corrected chi connectivity index (χ0v) is 11.9. The summed E-state index contributed by atoms with van der Waals surface area (Å²) < 4.78 is 5.25. The zero-order chi connectivity index (χ0) is 13.0. The van der Waals surface area contributed by atoms with Gasteiger partial charge < -0.3 is 10.1 Å². The van der Waals surface area contributed by atoms with Gasteiger partial charge in [-0.05, 0) is 51.3 Å². The molecule has 0 saturated heterocycles. The molecule has 1 rings (SSSR count). The van der Waals surface area contributed by atoms with Gasteiger partial charge in [0.2, 0.25) is 0 Å². The number of nitrogens with one attached hydrogen (secondary N) is 1. The van der Waals surface area contributed by atoms with E-state index in [0.717, 1.165) is 6.54 Å². The number of benzene rings is 1. The number of rotatable bonds is 5. The van der Waals surface area contributed by atoms with Crippen molar-refractivity contribution in [2.75, 3.05) is 13.7 Å². The third-order valence-corrected chi connectivity index (χ3v) is 3.28. The van der Waals surface area contributed by atoms with Gasteiger partial charge in [0, 0.05) is 19.7 Å². The SMILES string of the molecule is COC(C)CNC(C)c1c(C)cc(C)cc1C. The molecule has 2 atom stereocenters. The molecule has 0 aromatic heterocycles. The lowest BCUT2D eigenvalue weighted by molar-refractivity contribution is 0.115. The van der Waals surface area contributed by atoms with Crippen molar-refractivity contribution in [1.82, 2.24) is 5.32 Å². The molecule has 2 heteroatoms. The Morgan fingerprint density at radius 1 is 1.12 bits per heavy atom. The largest absolute Gasteiger partial charge is 0.380 e. The van der Waals surface area contributed by atoms with Crippen molar-refractivity contribution < 1.29 is 4.74 Å². The Morgan fingerprint density at radius 3 is 2.12 bits per heavy atom. The lowest BCUT2D eigenvalue weighted by Gasteiger charge is -2.21. The van der Waals surface area contributed by atoms with Crippen LogP contribution in [0.25, 0.3) is 0 Å². The van der Waals surface area contributed by atoms with Gasteiger partial charge in [-0.15, -0.1) is 0 Å². The molecule has 0 heterocycles. The first kappa shape index (κ1) is 14.2. The molecule has 0 aliphatic rings. The summed E-state index contributed by atoms with van der Waals surface area (Å²) in [6, 6.07) is 4.87. The van der Waals surface area contributed by atoms with Crippen molar-refractivity contribution in [2.45, 2.75) is 46.8 Å². The first-order chi connectivity index (χ1) is 7.95. The van der Waals surface area contributed by atoms with Gasteiger partial charge in [-0.25, -0.2) is 0 Å². The van der Waals surface area contributed by atoms with E-state index in [1.54, 1.807) is 7.11 Å². The van der Waals surface area contributed by atoms with Crippen LogP contribution in [0.5, 0.6) is 0 Å². The van der Waals surface area contributed by atoms with E-state index in [-0.39, 0.29) is 6.10 Å². The Kier molecular flexibility index (Phi) is 5.16. The Labute approximate surface area is 105 Å². The summed E-state index contributed by atoms with van der Waals surface area (Å²) in [5, 5.41) is 3.53. The van der Waals surface area contributed by atoms with Crippen LogP contribution < -0.4 is 5.32 Å². The second-order valence-electron chi connectivity index (χ2n) is 4.99. The van der Waals surface area contributed by atoms with Crippen LogP contribution in [-0.4, -0.2) is 19.8 Å². The molecule has 2 unspecified atom stereocenters. The van der Waals surface area contributed by atoms with Gasteiger partial charge in [0.15, 0.2) is 0 Å². The third kappa shape index (κ3) is 3.83. The Balaban J connectivity index is 2.78. The minimum absolute atomic E-state index is 0.253. The van der Waals surface area contributed by atoms with Crippen molar-refractivity contribution in [1.29, 1.82) is 0 Å². The molecular formula is C15H25NO. The number of aryl methyl sites for hydroxylation is 3. The summed E-state index contributed by atoms with van der Waals surface area (Å²) in [5.41, 5.74) is 5.49. The fourth-order valence-corrected chi connectivity index (χ4v) is 2.40. The highest BCUT2D eigenvalue weighted by atomic mass is 16.5. The molecule has 1 aromatic carbocycles. The predicted octanol–water partition coefficient (Wildman–Crippen LogP) is 3.30. The highest BCUT2D eigenvalue weighted by molar-refractivity contribution is 5.39. The first-order valence-corrected chi connectivity index (χ1v) is 6.29. The van der Waals surface area contributed by atoms with E-state index in [4.69, 9.17) is 4.74 Å². The molecule has 1 N–H and O–H groups in total. The average Bonchev–Trinajstić information content (AvgIpc) is 2.24. The van der Waals surface area contributed by atoms with E-state index in [1.165, 1.54) is 22.3 Å². The molecule has 17 heavy (non-hydrogen) atoms. The Hall–Kier alpha value is -0.860. The third-order valence-electron chi connectivity index (χ3n) is 3.28. The normalized spacial score (nSPS) is 14.7. The van der Waals surface area contributed by atoms with Gasteiger partial charge in [-0.1, -0.05) is 17.7 Å². The van der Waals surface area contributed by atoms with E-state index >= 15 is 0 Å². The summed E-state index contributed by atoms with van der Waals surface area (Å²) in [6.07, 6.45) is 0.253. The highest BCUT2D eigenvalue weighted by Crippen LogP contribution is 2.23. The van der Waals surface area contributed by atoms with Crippen LogP contribution in [0.2, 0.25) is 0 Å². The van der Waals surface area contributed by atoms with Gasteiger partial charge >= 0.3 is 0 Å². The molecule has 0 aliphatic heterocycles. The molecule has 0 amide bonds. The number of methoxy groups -OCH3 is 1. The summed E-state index contributed by atoms with van der Waals surface area (Å²) in [4.78, 5) is 0. The maximum atomic E-state index is 5.25. The first-order valence-electron chi connectivity index (χ1n) is 6.29. The van der Waals surface area contributed by atoms with Crippen molar-refractivity contribution in [3.8, 4) is 0 Å². The van der Waals surface area contributed by atoms with Crippen LogP contribution >= 0.6 is 0 Å². The van der Waals surface area contributed by atoms with Gasteiger partial charge in [0.1, 0.15) is 0 Å². The van der Waals surface area contributed by atoms with E-state index in [2.05, 4.69) is 52.1 Å². The number of hydrogen-bond acceptors (Lipinski definition) is 2. The predicted molar refractivity (Wildman–Crippen MR) is 73.5 cm³/mol. The Morgan fingerprint density at radius 2 is 1.65 bits per heavy atom. The Bertz CT molecular complexity index is 350.